The van der Waals surface area contributed by atoms with Crippen molar-refractivity contribution < 1.29 is 19.7 Å². The molecule has 0 saturated carbocycles. The van der Waals surface area contributed by atoms with E-state index in [1.54, 1.807) is 11.3 Å². The number of ether oxygens (including phenoxy) is 1. The summed E-state index contributed by atoms with van der Waals surface area (Å²) in [7, 11) is 0. The van der Waals surface area contributed by atoms with E-state index in [0.717, 1.165) is 35.5 Å². The molecule has 186 valence electrons. The fourth-order valence-electron chi connectivity index (χ4n) is 4.08. The minimum Gasteiger partial charge on any atom is -0.457 e. The average Bonchev–Trinajstić information content (AvgIpc) is 3.13. The molecule has 1 aromatic rings. The van der Waals surface area contributed by atoms with Crippen LogP contribution in [0.1, 0.15) is 84.3 Å². The SMILES string of the molecule is CC1=CC[C@@H](C(C)=Cc2csc(C)n2)OC(=O)C[C@H](O)C(C)(C)S[C@H](C)[C@@H](O)[C@@H](C)CCC1. The first-order chi connectivity index (χ1) is 15.4. The molecule has 1 aromatic heterocycles. The van der Waals surface area contributed by atoms with Crippen LogP contribution in [0.25, 0.3) is 6.08 Å². The van der Waals surface area contributed by atoms with Gasteiger partial charge in [-0.05, 0) is 71.4 Å². The van der Waals surface area contributed by atoms with Crippen LogP contribution in [0.15, 0.2) is 22.6 Å². The third-order valence-electron chi connectivity index (χ3n) is 6.42. The number of aliphatic hydroxyl groups is 2. The zero-order chi connectivity index (χ0) is 24.8. The van der Waals surface area contributed by atoms with Crippen molar-refractivity contribution in [2.45, 2.75) is 109 Å². The quantitative estimate of drug-likeness (QED) is 0.391. The molecule has 2 rings (SSSR count). The van der Waals surface area contributed by atoms with Gasteiger partial charge in [0, 0.05) is 21.8 Å². The molecular formula is C26H41NO4S2. The van der Waals surface area contributed by atoms with Crippen molar-refractivity contribution >= 4 is 35.1 Å². The maximum Gasteiger partial charge on any atom is 0.309 e. The normalized spacial score (nSPS) is 31.1. The molecule has 0 unspecified atom stereocenters. The minimum atomic E-state index is -0.878. The largest absolute Gasteiger partial charge is 0.457 e. The molecule has 0 fully saturated rings. The van der Waals surface area contributed by atoms with Gasteiger partial charge in [0.1, 0.15) is 6.10 Å². The van der Waals surface area contributed by atoms with Crippen molar-refractivity contribution in [2.24, 2.45) is 5.92 Å². The van der Waals surface area contributed by atoms with Crippen molar-refractivity contribution in [3.05, 3.63) is 33.3 Å². The minimum absolute atomic E-state index is 0.0512. The molecule has 0 saturated heterocycles. The number of esters is 1. The molecular weight excluding hydrogens is 454 g/mol. The summed E-state index contributed by atoms with van der Waals surface area (Å²) < 4.78 is 5.28. The molecule has 0 radical (unpaired) electrons. The molecule has 1 aliphatic heterocycles. The number of aliphatic hydroxyl groups excluding tert-OH is 2. The highest BCUT2D eigenvalue weighted by Gasteiger charge is 2.35. The zero-order valence-electron chi connectivity index (χ0n) is 21.1. The van der Waals surface area contributed by atoms with Gasteiger partial charge in [-0.3, -0.25) is 4.79 Å². The highest BCUT2D eigenvalue weighted by molar-refractivity contribution is 8.01. The van der Waals surface area contributed by atoms with Gasteiger partial charge < -0.3 is 14.9 Å². The van der Waals surface area contributed by atoms with Crippen molar-refractivity contribution in [1.29, 1.82) is 0 Å². The highest BCUT2D eigenvalue weighted by atomic mass is 32.2. The lowest BCUT2D eigenvalue weighted by molar-refractivity contribution is -0.149. The molecule has 2 N–H and O–H groups in total. The maximum atomic E-state index is 12.8. The number of hydrogen-bond acceptors (Lipinski definition) is 7. The summed E-state index contributed by atoms with van der Waals surface area (Å²) in [6, 6.07) is 0. The first-order valence-corrected chi connectivity index (χ1v) is 13.6. The summed E-state index contributed by atoms with van der Waals surface area (Å²) in [5.41, 5.74) is 3.07. The van der Waals surface area contributed by atoms with Crippen LogP contribution in [-0.4, -0.2) is 49.5 Å². The van der Waals surface area contributed by atoms with E-state index in [1.807, 2.05) is 46.1 Å². The van der Waals surface area contributed by atoms with Gasteiger partial charge in [0.2, 0.25) is 0 Å². The number of aromatic nitrogens is 1. The Hall–Kier alpha value is -1.15. The van der Waals surface area contributed by atoms with Crippen molar-refractivity contribution in [1.82, 2.24) is 4.98 Å². The Morgan fingerprint density at radius 3 is 2.61 bits per heavy atom. The van der Waals surface area contributed by atoms with E-state index in [0.29, 0.717) is 6.42 Å². The van der Waals surface area contributed by atoms with Gasteiger partial charge >= 0.3 is 5.97 Å². The standard InChI is InChI=1S/C26H41NO4S2/c1-16-9-8-10-17(2)25(30)19(4)33-26(6,7)23(28)14-24(29)31-22(12-11-16)18(3)13-21-15-32-20(5)27-21/h11,13,15,17,19,22-23,25,28,30H,8-10,12,14H2,1-7H3/t17-,19+,22-,23-,25-/m0/s1. The predicted molar refractivity (Wildman–Crippen MR) is 140 cm³/mol. The van der Waals surface area contributed by atoms with Gasteiger partial charge in [0.15, 0.2) is 0 Å². The third-order valence-corrected chi connectivity index (χ3v) is 8.74. The lowest BCUT2D eigenvalue weighted by atomic mass is 9.94. The second kappa shape index (κ2) is 12.5. The van der Waals surface area contributed by atoms with E-state index in [9.17, 15) is 15.0 Å². The molecule has 2 heterocycles. The molecule has 7 heteroatoms. The molecule has 0 aliphatic carbocycles. The van der Waals surface area contributed by atoms with Crippen LogP contribution < -0.4 is 0 Å². The van der Waals surface area contributed by atoms with Crippen LogP contribution in [0.3, 0.4) is 0 Å². The van der Waals surface area contributed by atoms with Crippen LogP contribution in [0.5, 0.6) is 0 Å². The van der Waals surface area contributed by atoms with Gasteiger partial charge in [0.25, 0.3) is 0 Å². The highest BCUT2D eigenvalue weighted by Crippen LogP contribution is 2.37. The van der Waals surface area contributed by atoms with E-state index in [-0.39, 0.29) is 17.6 Å². The van der Waals surface area contributed by atoms with Gasteiger partial charge in [-0.15, -0.1) is 23.1 Å². The smallest absolute Gasteiger partial charge is 0.309 e. The Labute approximate surface area is 207 Å². The zero-order valence-corrected chi connectivity index (χ0v) is 22.8. The fraction of sp³-hybridized carbons (Fsp3) is 0.692. The first-order valence-electron chi connectivity index (χ1n) is 11.9. The predicted octanol–water partition coefficient (Wildman–Crippen LogP) is 5.94. The first kappa shape index (κ1) is 28.1. The summed E-state index contributed by atoms with van der Waals surface area (Å²) in [4.78, 5) is 17.3. The molecule has 0 amide bonds. The summed E-state index contributed by atoms with van der Waals surface area (Å²) in [6.07, 6.45) is 5.79. The van der Waals surface area contributed by atoms with Crippen LogP contribution in [0.2, 0.25) is 0 Å². The van der Waals surface area contributed by atoms with Gasteiger partial charge in [-0.2, -0.15) is 0 Å². The van der Waals surface area contributed by atoms with E-state index < -0.39 is 29.0 Å². The van der Waals surface area contributed by atoms with Crippen molar-refractivity contribution in [2.75, 3.05) is 0 Å². The Bertz CT molecular complexity index is 845. The summed E-state index contributed by atoms with van der Waals surface area (Å²) in [5, 5.41) is 24.6. The number of allylic oxidation sites excluding steroid dienone is 1. The van der Waals surface area contributed by atoms with E-state index in [2.05, 4.69) is 24.9 Å². The Balaban J connectivity index is 2.27. The van der Waals surface area contributed by atoms with Crippen LogP contribution in [-0.2, 0) is 9.53 Å². The molecule has 1 aliphatic rings. The number of rotatable bonds is 2. The van der Waals surface area contributed by atoms with Gasteiger partial charge in [-0.1, -0.05) is 25.5 Å². The molecule has 0 bridgehead atoms. The van der Waals surface area contributed by atoms with Crippen LogP contribution in [0, 0.1) is 12.8 Å². The molecule has 0 spiro atoms. The number of nitrogens with zero attached hydrogens (tertiary/aromatic N) is 1. The van der Waals surface area contributed by atoms with Crippen LogP contribution >= 0.6 is 23.1 Å². The number of hydrogen-bond donors (Lipinski definition) is 2. The number of carbonyl (C=O) groups is 1. The Morgan fingerprint density at radius 1 is 1.27 bits per heavy atom. The number of carbonyl (C=O) groups excluding carboxylic acids is 1. The van der Waals surface area contributed by atoms with Gasteiger partial charge in [0.05, 0.1) is 29.3 Å². The number of cyclic esters (lactones) is 1. The summed E-state index contributed by atoms with van der Waals surface area (Å²) >= 11 is 3.13. The Morgan fingerprint density at radius 2 is 1.97 bits per heavy atom. The van der Waals surface area contributed by atoms with Crippen molar-refractivity contribution in [3.63, 3.8) is 0 Å². The fourth-order valence-corrected chi connectivity index (χ4v) is 6.26. The molecule has 33 heavy (non-hydrogen) atoms. The number of thioether (sulfide) groups is 1. The van der Waals surface area contributed by atoms with Crippen molar-refractivity contribution in [3.8, 4) is 0 Å². The molecule has 5 atom stereocenters. The second-order valence-corrected chi connectivity index (χ2v) is 13.0. The van der Waals surface area contributed by atoms with Crippen LogP contribution in [0.4, 0.5) is 0 Å². The van der Waals surface area contributed by atoms with E-state index in [1.165, 1.54) is 17.3 Å². The molecule has 0 aromatic carbocycles. The lowest BCUT2D eigenvalue weighted by Gasteiger charge is -2.35. The van der Waals surface area contributed by atoms with E-state index >= 15 is 0 Å². The maximum absolute atomic E-state index is 12.8. The summed E-state index contributed by atoms with van der Waals surface area (Å²) in [5.74, 6) is -0.242. The average molecular weight is 496 g/mol. The Kier molecular flexibility index (Phi) is 10.7. The topological polar surface area (TPSA) is 79.7 Å². The number of aryl methyl sites for hydroxylation is 1. The lowest BCUT2D eigenvalue weighted by Crippen LogP contribution is -2.40. The van der Waals surface area contributed by atoms with E-state index in [4.69, 9.17) is 4.74 Å². The third kappa shape index (κ3) is 8.85. The number of thiazole rings is 1. The summed E-state index contributed by atoms with van der Waals surface area (Å²) in [6.45, 7) is 14.0. The molecule has 5 nitrogen and oxygen atoms in total. The monoisotopic (exact) mass is 495 g/mol. The van der Waals surface area contributed by atoms with Gasteiger partial charge in [-0.25, -0.2) is 4.98 Å². The second-order valence-electron chi connectivity index (χ2n) is 9.95.